The molecule has 0 fully saturated rings. The normalized spacial score (nSPS) is 11.6. The molecule has 39 heavy (non-hydrogen) atoms. The van der Waals surface area contributed by atoms with Crippen molar-refractivity contribution < 1.29 is 28.3 Å². The first-order valence-electron chi connectivity index (χ1n) is 12.5. The number of ether oxygens (including phenoxy) is 1. The number of allylic oxidation sites excluding steroid dienone is 1. The SMILES string of the molecule is O=C(CCC(=O)OCC(=O)c1ccc2c(c1)Cc1ccccc1-2)Nc1ccc(C(=O)C=Cc2ccco2)cc1. The molecule has 0 unspecified atom stereocenters. The number of esters is 1. The second-order valence-corrected chi connectivity index (χ2v) is 9.13. The lowest BCUT2D eigenvalue weighted by Gasteiger charge is -2.07. The average molecular weight is 520 g/mol. The van der Waals surface area contributed by atoms with Crippen molar-refractivity contribution in [3.8, 4) is 11.1 Å². The van der Waals surface area contributed by atoms with Gasteiger partial charge in [-0.3, -0.25) is 19.2 Å². The molecule has 7 heteroatoms. The summed E-state index contributed by atoms with van der Waals surface area (Å²) in [6, 6.07) is 23.6. The summed E-state index contributed by atoms with van der Waals surface area (Å²) in [5.41, 5.74) is 6.04. The van der Waals surface area contributed by atoms with Crippen molar-refractivity contribution in [3.63, 3.8) is 0 Å². The molecule has 1 aromatic heterocycles. The van der Waals surface area contributed by atoms with Crippen molar-refractivity contribution in [1.29, 1.82) is 0 Å². The van der Waals surface area contributed by atoms with Crippen LogP contribution in [0.4, 0.5) is 5.69 Å². The highest BCUT2D eigenvalue weighted by Gasteiger charge is 2.20. The van der Waals surface area contributed by atoms with E-state index < -0.39 is 5.97 Å². The summed E-state index contributed by atoms with van der Waals surface area (Å²) in [5, 5.41) is 2.68. The summed E-state index contributed by atoms with van der Waals surface area (Å²) in [6.45, 7) is -0.379. The Morgan fingerprint density at radius 2 is 1.59 bits per heavy atom. The molecule has 0 saturated carbocycles. The monoisotopic (exact) mass is 519 g/mol. The highest BCUT2D eigenvalue weighted by molar-refractivity contribution is 6.07. The third kappa shape index (κ3) is 6.27. The molecule has 0 aliphatic heterocycles. The van der Waals surface area contributed by atoms with E-state index in [0.29, 0.717) is 22.6 Å². The average Bonchev–Trinajstić information content (AvgIpc) is 3.61. The lowest BCUT2D eigenvalue weighted by molar-refractivity contribution is -0.143. The van der Waals surface area contributed by atoms with E-state index in [1.54, 1.807) is 48.5 Å². The van der Waals surface area contributed by atoms with Gasteiger partial charge in [0.05, 0.1) is 12.7 Å². The zero-order valence-electron chi connectivity index (χ0n) is 21.0. The van der Waals surface area contributed by atoms with Crippen LogP contribution in [-0.2, 0) is 20.7 Å². The fraction of sp³-hybridized carbons (Fsp3) is 0.125. The lowest BCUT2D eigenvalue weighted by atomic mass is 10.0. The van der Waals surface area contributed by atoms with Gasteiger partial charge >= 0.3 is 5.97 Å². The van der Waals surface area contributed by atoms with Gasteiger partial charge in [-0.1, -0.05) is 36.4 Å². The number of nitrogens with one attached hydrogen (secondary N) is 1. The smallest absolute Gasteiger partial charge is 0.306 e. The Hall–Kier alpha value is -5.04. The largest absolute Gasteiger partial charge is 0.465 e. The summed E-state index contributed by atoms with van der Waals surface area (Å²) in [6.07, 6.45) is 5.02. The number of carbonyl (C=O) groups excluding carboxylic acids is 4. The molecule has 1 aliphatic rings. The van der Waals surface area contributed by atoms with Gasteiger partial charge in [-0.2, -0.15) is 0 Å². The Morgan fingerprint density at radius 1 is 0.821 bits per heavy atom. The molecule has 0 bridgehead atoms. The Kier molecular flexibility index (Phi) is 7.59. The van der Waals surface area contributed by atoms with E-state index in [1.165, 1.54) is 23.5 Å². The number of amides is 1. The predicted octanol–water partition coefficient (Wildman–Crippen LogP) is 5.89. The molecule has 0 spiro atoms. The van der Waals surface area contributed by atoms with Crippen LogP contribution in [0.5, 0.6) is 0 Å². The summed E-state index contributed by atoms with van der Waals surface area (Å²) in [5.74, 6) is -0.930. The van der Waals surface area contributed by atoms with E-state index in [-0.39, 0.29) is 36.9 Å². The Balaban J connectivity index is 1.05. The van der Waals surface area contributed by atoms with Crippen molar-refractivity contribution in [2.24, 2.45) is 0 Å². The molecule has 5 rings (SSSR count). The van der Waals surface area contributed by atoms with E-state index in [0.717, 1.165) is 17.5 Å². The number of hydrogen-bond donors (Lipinski definition) is 1. The van der Waals surface area contributed by atoms with Gasteiger partial charge in [0, 0.05) is 23.2 Å². The third-order valence-electron chi connectivity index (χ3n) is 6.43. The molecular weight excluding hydrogens is 494 g/mol. The second-order valence-electron chi connectivity index (χ2n) is 9.13. The van der Waals surface area contributed by atoms with Crippen LogP contribution < -0.4 is 5.32 Å². The summed E-state index contributed by atoms with van der Waals surface area (Å²) >= 11 is 0. The van der Waals surface area contributed by atoms with Crippen molar-refractivity contribution in [1.82, 2.24) is 0 Å². The van der Waals surface area contributed by atoms with Crippen LogP contribution >= 0.6 is 0 Å². The molecule has 0 saturated heterocycles. The molecule has 4 aromatic rings. The fourth-order valence-electron chi connectivity index (χ4n) is 4.42. The number of anilines is 1. The number of rotatable bonds is 10. The molecule has 194 valence electrons. The zero-order chi connectivity index (χ0) is 27.2. The van der Waals surface area contributed by atoms with Crippen LogP contribution in [0.3, 0.4) is 0 Å². The maximum Gasteiger partial charge on any atom is 0.306 e. The Morgan fingerprint density at radius 3 is 2.38 bits per heavy atom. The van der Waals surface area contributed by atoms with Gasteiger partial charge < -0.3 is 14.5 Å². The van der Waals surface area contributed by atoms with E-state index in [2.05, 4.69) is 17.4 Å². The molecule has 1 aliphatic carbocycles. The van der Waals surface area contributed by atoms with E-state index in [1.807, 2.05) is 24.3 Å². The van der Waals surface area contributed by atoms with E-state index in [9.17, 15) is 19.2 Å². The maximum absolute atomic E-state index is 12.6. The minimum atomic E-state index is -0.628. The number of hydrogen-bond acceptors (Lipinski definition) is 6. The number of fused-ring (bicyclic) bond motifs is 3. The molecule has 3 aromatic carbocycles. The number of ketones is 2. The van der Waals surface area contributed by atoms with Gasteiger partial charge in [0.25, 0.3) is 0 Å². The Bertz CT molecular complexity index is 1560. The quantitative estimate of drug-likeness (QED) is 0.140. The van der Waals surface area contributed by atoms with Crippen molar-refractivity contribution in [3.05, 3.63) is 119 Å². The van der Waals surface area contributed by atoms with Crippen molar-refractivity contribution in [2.45, 2.75) is 19.3 Å². The van der Waals surface area contributed by atoms with Crippen molar-refractivity contribution in [2.75, 3.05) is 11.9 Å². The molecule has 0 atom stereocenters. The van der Waals surface area contributed by atoms with Gasteiger partial charge in [0.15, 0.2) is 18.2 Å². The highest BCUT2D eigenvalue weighted by atomic mass is 16.5. The summed E-state index contributed by atoms with van der Waals surface area (Å²) < 4.78 is 10.3. The molecular formula is C32H25NO6. The molecule has 1 heterocycles. The van der Waals surface area contributed by atoms with Gasteiger partial charge in [0.1, 0.15) is 5.76 Å². The minimum Gasteiger partial charge on any atom is -0.465 e. The zero-order valence-corrected chi connectivity index (χ0v) is 21.0. The van der Waals surface area contributed by atoms with Crippen LogP contribution in [0, 0.1) is 0 Å². The first kappa shape index (κ1) is 25.6. The van der Waals surface area contributed by atoms with Gasteiger partial charge in [-0.05, 0) is 83.3 Å². The lowest BCUT2D eigenvalue weighted by Crippen LogP contribution is -2.17. The number of Topliss-reactive ketones (excluding diaryl/α,β-unsaturated/α-hetero) is 1. The maximum atomic E-state index is 12.6. The minimum absolute atomic E-state index is 0.101. The molecule has 0 radical (unpaired) electrons. The van der Waals surface area contributed by atoms with Crippen LogP contribution in [0.1, 0.15) is 50.4 Å². The van der Waals surface area contributed by atoms with Crippen LogP contribution in [-0.4, -0.2) is 30.0 Å². The van der Waals surface area contributed by atoms with Crippen molar-refractivity contribution >= 4 is 35.2 Å². The number of benzene rings is 3. The molecule has 1 N–H and O–H groups in total. The Labute approximate surface area is 225 Å². The van der Waals surface area contributed by atoms with Gasteiger partial charge in [-0.15, -0.1) is 0 Å². The fourth-order valence-corrected chi connectivity index (χ4v) is 4.42. The standard InChI is InChI=1S/C32H25NO6/c34-29(14-12-26-5-3-17-38-26)21-7-10-25(11-8-21)33-31(36)15-16-32(37)39-20-30(35)23-9-13-28-24(19-23)18-22-4-1-2-6-27(22)28/h1-14,17,19H,15-16,18,20H2,(H,33,36). The predicted molar refractivity (Wildman–Crippen MR) is 146 cm³/mol. The highest BCUT2D eigenvalue weighted by Crippen LogP contribution is 2.36. The number of carbonyl (C=O) groups is 4. The molecule has 7 nitrogen and oxygen atoms in total. The third-order valence-corrected chi connectivity index (χ3v) is 6.43. The van der Waals surface area contributed by atoms with Crippen LogP contribution in [0.2, 0.25) is 0 Å². The van der Waals surface area contributed by atoms with Crippen LogP contribution in [0.25, 0.3) is 17.2 Å². The first-order chi connectivity index (χ1) is 19.0. The van der Waals surface area contributed by atoms with Crippen LogP contribution in [0.15, 0.2) is 95.6 Å². The van der Waals surface area contributed by atoms with E-state index in [4.69, 9.17) is 9.15 Å². The van der Waals surface area contributed by atoms with E-state index >= 15 is 0 Å². The van der Waals surface area contributed by atoms with Gasteiger partial charge in [-0.25, -0.2) is 0 Å². The topological polar surface area (TPSA) is 103 Å². The summed E-state index contributed by atoms with van der Waals surface area (Å²) in [4.78, 5) is 49.2. The van der Waals surface area contributed by atoms with Gasteiger partial charge in [0.2, 0.25) is 5.91 Å². The molecule has 1 amide bonds. The number of furan rings is 1. The second kappa shape index (κ2) is 11.6. The first-order valence-corrected chi connectivity index (χ1v) is 12.5. The summed E-state index contributed by atoms with van der Waals surface area (Å²) in [7, 11) is 0.